The van der Waals surface area contributed by atoms with Gasteiger partial charge in [-0.1, -0.05) is 24.3 Å². The van der Waals surface area contributed by atoms with Crippen LogP contribution in [-0.4, -0.2) is 12.0 Å². The first-order valence-electron chi connectivity index (χ1n) is 6.04. The van der Waals surface area contributed by atoms with Crippen LogP contribution < -0.4 is 10.1 Å². The van der Waals surface area contributed by atoms with E-state index in [-0.39, 0.29) is 12.0 Å². The molecule has 18 heavy (non-hydrogen) atoms. The Kier molecular flexibility index (Phi) is 3.51. The van der Waals surface area contributed by atoms with E-state index in [2.05, 4.69) is 5.32 Å². The monoisotopic (exact) mass is 243 g/mol. The molecule has 0 aliphatic rings. The van der Waals surface area contributed by atoms with Crippen molar-refractivity contribution in [3.05, 3.63) is 36.4 Å². The summed E-state index contributed by atoms with van der Waals surface area (Å²) >= 11 is 0. The third kappa shape index (κ3) is 2.62. The number of fused-ring (bicyclic) bond motifs is 1. The molecule has 2 rings (SSSR count). The quantitative estimate of drug-likeness (QED) is 0.894. The summed E-state index contributed by atoms with van der Waals surface area (Å²) in [5.41, 5.74) is 0.814. The summed E-state index contributed by atoms with van der Waals surface area (Å²) in [6, 6.07) is 11.7. The second kappa shape index (κ2) is 5.08. The molecule has 2 aromatic carbocycles. The molecule has 1 amide bonds. The molecule has 3 nitrogen and oxygen atoms in total. The van der Waals surface area contributed by atoms with Gasteiger partial charge in [-0.2, -0.15) is 0 Å². The summed E-state index contributed by atoms with van der Waals surface area (Å²) in [7, 11) is 0. The molecule has 0 aromatic heterocycles. The Morgan fingerprint density at radius 2 is 1.78 bits per heavy atom. The summed E-state index contributed by atoms with van der Waals surface area (Å²) in [6.07, 6.45) is 0.125. The highest BCUT2D eigenvalue weighted by molar-refractivity contribution is 6.03. The van der Waals surface area contributed by atoms with Gasteiger partial charge in [0.05, 0.1) is 6.10 Å². The molecule has 0 fully saturated rings. The molecule has 0 heterocycles. The summed E-state index contributed by atoms with van der Waals surface area (Å²) in [5.74, 6) is 0.771. The van der Waals surface area contributed by atoms with Crippen LogP contribution in [-0.2, 0) is 4.79 Å². The number of amides is 1. The van der Waals surface area contributed by atoms with Gasteiger partial charge in [0.25, 0.3) is 0 Å². The number of rotatable bonds is 3. The highest BCUT2D eigenvalue weighted by Crippen LogP contribution is 2.31. The van der Waals surface area contributed by atoms with Crippen molar-refractivity contribution in [2.75, 3.05) is 5.32 Å². The number of hydrogen-bond acceptors (Lipinski definition) is 2. The SMILES string of the molecule is CC(=O)Nc1cccc2c(OC(C)C)cccc12. The minimum Gasteiger partial charge on any atom is -0.490 e. The fourth-order valence-electron chi connectivity index (χ4n) is 1.94. The van der Waals surface area contributed by atoms with Gasteiger partial charge in [-0.3, -0.25) is 4.79 Å². The molecule has 2 aromatic rings. The lowest BCUT2D eigenvalue weighted by Gasteiger charge is -2.14. The lowest BCUT2D eigenvalue weighted by molar-refractivity contribution is -0.114. The predicted octanol–water partition coefficient (Wildman–Crippen LogP) is 3.59. The maximum Gasteiger partial charge on any atom is 0.221 e. The van der Waals surface area contributed by atoms with Crippen LogP contribution in [0.3, 0.4) is 0 Å². The van der Waals surface area contributed by atoms with E-state index in [1.54, 1.807) is 0 Å². The normalized spacial score (nSPS) is 10.7. The van der Waals surface area contributed by atoms with Crippen LogP contribution >= 0.6 is 0 Å². The van der Waals surface area contributed by atoms with Crippen molar-refractivity contribution in [2.45, 2.75) is 26.9 Å². The molecule has 0 saturated carbocycles. The molecule has 0 unspecified atom stereocenters. The van der Waals surface area contributed by atoms with Crippen molar-refractivity contribution in [1.29, 1.82) is 0 Å². The molecular weight excluding hydrogens is 226 g/mol. The van der Waals surface area contributed by atoms with Crippen molar-refractivity contribution in [3.8, 4) is 5.75 Å². The number of ether oxygens (including phenoxy) is 1. The summed E-state index contributed by atoms with van der Waals surface area (Å²) in [4.78, 5) is 11.2. The van der Waals surface area contributed by atoms with Gasteiger partial charge in [0.1, 0.15) is 5.75 Å². The van der Waals surface area contributed by atoms with Gasteiger partial charge in [0.15, 0.2) is 0 Å². The first-order valence-corrected chi connectivity index (χ1v) is 6.04. The van der Waals surface area contributed by atoms with E-state index in [9.17, 15) is 4.79 Å². The predicted molar refractivity (Wildman–Crippen MR) is 74.0 cm³/mol. The third-order valence-corrected chi connectivity index (χ3v) is 2.56. The molecule has 0 aliphatic carbocycles. The van der Waals surface area contributed by atoms with Crippen LogP contribution in [0.4, 0.5) is 5.69 Å². The van der Waals surface area contributed by atoms with E-state index in [1.165, 1.54) is 6.92 Å². The topological polar surface area (TPSA) is 38.3 Å². The Bertz CT molecular complexity index is 576. The summed E-state index contributed by atoms with van der Waals surface area (Å²) < 4.78 is 5.77. The van der Waals surface area contributed by atoms with Crippen molar-refractivity contribution >= 4 is 22.4 Å². The zero-order valence-electron chi connectivity index (χ0n) is 10.9. The first kappa shape index (κ1) is 12.4. The second-order valence-corrected chi connectivity index (χ2v) is 4.50. The molecule has 3 heteroatoms. The standard InChI is InChI=1S/C15H17NO2/c1-10(2)18-15-9-5-6-12-13(15)7-4-8-14(12)16-11(3)17/h4-10H,1-3H3,(H,16,17). The molecule has 0 radical (unpaired) electrons. The van der Waals surface area contributed by atoms with Crippen LogP contribution in [0, 0.1) is 0 Å². The van der Waals surface area contributed by atoms with Crippen LogP contribution in [0.25, 0.3) is 10.8 Å². The van der Waals surface area contributed by atoms with Crippen molar-refractivity contribution in [3.63, 3.8) is 0 Å². The Balaban J connectivity index is 2.54. The van der Waals surface area contributed by atoms with Gasteiger partial charge in [0.2, 0.25) is 5.91 Å². The molecule has 0 aliphatic heterocycles. The molecular formula is C15H17NO2. The van der Waals surface area contributed by atoms with Crippen molar-refractivity contribution in [2.24, 2.45) is 0 Å². The molecule has 1 N–H and O–H groups in total. The number of anilines is 1. The van der Waals surface area contributed by atoms with Gasteiger partial charge in [0, 0.05) is 23.4 Å². The number of nitrogens with one attached hydrogen (secondary N) is 1. The number of hydrogen-bond donors (Lipinski definition) is 1. The Labute approximate surface area is 107 Å². The van der Waals surface area contributed by atoms with Gasteiger partial charge >= 0.3 is 0 Å². The van der Waals surface area contributed by atoms with Gasteiger partial charge in [-0.05, 0) is 26.0 Å². The third-order valence-electron chi connectivity index (χ3n) is 2.56. The average molecular weight is 243 g/mol. The van der Waals surface area contributed by atoms with Gasteiger partial charge < -0.3 is 10.1 Å². The van der Waals surface area contributed by atoms with E-state index < -0.39 is 0 Å². The number of benzene rings is 2. The van der Waals surface area contributed by atoms with Crippen LogP contribution in [0.2, 0.25) is 0 Å². The van der Waals surface area contributed by atoms with Crippen LogP contribution in [0.15, 0.2) is 36.4 Å². The fourth-order valence-corrected chi connectivity index (χ4v) is 1.94. The summed E-state index contributed by atoms with van der Waals surface area (Å²) in [6.45, 7) is 5.50. The Hall–Kier alpha value is -2.03. The highest BCUT2D eigenvalue weighted by atomic mass is 16.5. The summed E-state index contributed by atoms with van der Waals surface area (Å²) in [5, 5.41) is 4.84. The minimum absolute atomic E-state index is 0.0716. The van der Waals surface area contributed by atoms with Crippen LogP contribution in [0.5, 0.6) is 5.75 Å². The van der Waals surface area contributed by atoms with E-state index in [4.69, 9.17) is 4.74 Å². The molecule has 94 valence electrons. The second-order valence-electron chi connectivity index (χ2n) is 4.50. The van der Waals surface area contributed by atoms with E-state index in [0.717, 1.165) is 22.2 Å². The fraction of sp³-hybridized carbons (Fsp3) is 0.267. The zero-order valence-corrected chi connectivity index (χ0v) is 10.9. The number of carbonyl (C=O) groups is 1. The maximum absolute atomic E-state index is 11.2. The highest BCUT2D eigenvalue weighted by Gasteiger charge is 2.07. The molecule has 0 spiro atoms. The maximum atomic E-state index is 11.2. The smallest absolute Gasteiger partial charge is 0.221 e. The molecule has 0 saturated heterocycles. The van der Waals surface area contributed by atoms with Crippen LogP contribution in [0.1, 0.15) is 20.8 Å². The molecule has 0 atom stereocenters. The lowest BCUT2D eigenvalue weighted by Crippen LogP contribution is -2.07. The largest absolute Gasteiger partial charge is 0.490 e. The number of carbonyl (C=O) groups excluding carboxylic acids is 1. The van der Waals surface area contributed by atoms with Gasteiger partial charge in [-0.15, -0.1) is 0 Å². The van der Waals surface area contributed by atoms with E-state index >= 15 is 0 Å². The van der Waals surface area contributed by atoms with Crippen molar-refractivity contribution in [1.82, 2.24) is 0 Å². The Morgan fingerprint density at radius 3 is 2.44 bits per heavy atom. The average Bonchev–Trinajstić information content (AvgIpc) is 2.29. The minimum atomic E-state index is -0.0716. The van der Waals surface area contributed by atoms with E-state index in [0.29, 0.717) is 0 Å². The van der Waals surface area contributed by atoms with Gasteiger partial charge in [-0.25, -0.2) is 0 Å². The first-order chi connectivity index (χ1) is 8.58. The lowest BCUT2D eigenvalue weighted by atomic mass is 10.1. The van der Waals surface area contributed by atoms with E-state index in [1.807, 2.05) is 50.2 Å². The molecule has 0 bridgehead atoms. The Morgan fingerprint density at radius 1 is 1.11 bits per heavy atom. The zero-order chi connectivity index (χ0) is 13.1. The van der Waals surface area contributed by atoms with Crippen molar-refractivity contribution < 1.29 is 9.53 Å².